The van der Waals surface area contributed by atoms with Crippen molar-refractivity contribution in [3.8, 4) is 0 Å². The van der Waals surface area contributed by atoms with E-state index in [1.807, 2.05) is 24.1 Å². The Balaban J connectivity index is 1.81. The molecule has 0 aliphatic carbocycles. The number of likely N-dealkylation sites (tertiary alicyclic amines) is 1. The smallest absolute Gasteiger partial charge is 0.232 e. The molecule has 19 heavy (non-hydrogen) atoms. The number of amides is 1. The molecule has 1 N–H and O–H groups in total. The van der Waals surface area contributed by atoms with E-state index >= 15 is 0 Å². The van der Waals surface area contributed by atoms with Gasteiger partial charge in [-0.2, -0.15) is 0 Å². The topological polar surface area (TPSA) is 32.3 Å². The Morgan fingerprint density at radius 1 is 1.47 bits per heavy atom. The van der Waals surface area contributed by atoms with Crippen molar-refractivity contribution in [2.75, 3.05) is 32.4 Å². The highest BCUT2D eigenvalue weighted by Gasteiger charge is 2.25. The second kappa shape index (κ2) is 6.96. The van der Waals surface area contributed by atoms with Crippen LogP contribution in [0.1, 0.15) is 12.0 Å². The maximum atomic E-state index is 12.2. The molecule has 0 aromatic heterocycles. The molecule has 3 nitrogen and oxygen atoms in total. The molecule has 0 bridgehead atoms. The van der Waals surface area contributed by atoms with Crippen molar-refractivity contribution < 1.29 is 4.79 Å². The van der Waals surface area contributed by atoms with Gasteiger partial charge in [-0.3, -0.25) is 4.79 Å². The van der Waals surface area contributed by atoms with Crippen LogP contribution in [0.25, 0.3) is 0 Å². The van der Waals surface area contributed by atoms with Crippen molar-refractivity contribution in [2.45, 2.75) is 18.2 Å². The highest BCUT2D eigenvalue weighted by Crippen LogP contribution is 2.23. The number of hydrogen-bond donors (Lipinski definition) is 1. The summed E-state index contributed by atoms with van der Waals surface area (Å²) in [7, 11) is 1.97. The molecular formula is C15H22N2OS. The van der Waals surface area contributed by atoms with Crippen LogP contribution in [0.3, 0.4) is 0 Å². The van der Waals surface area contributed by atoms with Crippen LogP contribution in [0.15, 0.2) is 29.2 Å². The van der Waals surface area contributed by atoms with Crippen molar-refractivity contribution in [1.29, 1.82) is 0 Å². The van der Waals surface area contributed by atoms with Gasteiger partial charge in [0.2, 0.25) is 5.91 Å². The minimum Gasteiger partial charge on any atom is -0.342 e. The lowest BCUT2D eigenvalue weighted by Crippen LogP contribution is -2.31. The van der Waals surface area contributed by atoms with Crippen LogP contribution in [-0.4, -0.2) is 43.2 Å². The van der Waals surface area contributed by atoms with Crippen molar-refractivity contribution >= 4 is 17.7 Å². The van der Waals surface area contributed by atoms with Gasteiger partial charge >= 0.3 is 0 Å². The number of aryl methyl sites for hydroxylation is 1. The Kier molecular flexibility index (Phi) is 5.28. The van der Waals surface area contributed by atoms with Gasteiger partial charge in [-0.05, 0) is 44.5 Å². The first-order valence-electron chi connectivity index (χ1n) is 6.81. The fourth-order valence-corrected chi connectivity index (χ4v) is 3.40. The normalized spacial score (nSPS) is 18.8. The molecule has 1 atom stereocenters. The number of benzene rings is 1. The van der Waals surface area contributed by atoms with Gasteiger partial charge in [0, 0.05) is 18.0 Å². The van der Waals surface area contributed by atoms with E-state index in [0.29, 0.717) is 11.7 Å². The predicted molar refractivity (Wildman–Crippen MR) is 80.5 cm³/mol. The number of carbonyl (C=O) groups excluding carboxylic acids is 1. The molecule has 1 aliphatic heterocycles. The van der Waals surface area contributed by atoms with E-state index in [1.54, 1.807) is 11.8 Å². The third-order valence-corrected chi connectivity index (χ3v) is 4.74. The van der Waals surface area contributed by atoms with E-state index in [2.05, 4.69) is 24.4 Å². The van der Waals surface area contributed by atoms with E-state index in [-0.39, 0.29) is 5.91 Å². The average molecular weight is 278 g/mol. The molecule has 1 amide bonds. The zero-order valence-electron chi connectivity index (χ0n) is 11.7. The molecule has 0 radical (unpaired) electrons. The summed E-state index contributed by atoms with van der Waals surface area (Å²) in [4.78, 5) is 15.4. The highest BCUT2D eigenvalue weighted by molar-refractivity contribution is 8.00. The lowest BCUT2D eigenvalue weighted by molar-refractivity contribution is -0.127. The highest BCUT2D eigenvalue weighted by atomic mass is 32.2. The molecule has 1 unspecified atom stereocenters. The fourth-order valence-electron chi connectivity index (χ4n) is 2.46. The Morgan fingerprint density at radius 2 is 2.26 bits per heavy atom. The van der Waals surface area contributed by atoms with E-state index in [0.717, 1.165) is 26.1 Å². The zero-order chi connectivity index (χ0) is 13.7. The van der Waals surface area contributed by atoms with Crippen molar-refractivity contribution in [3.63, 3.8) is 0 Å². The molecular weight excluding hydrogens is 256 g/mol. The SMILES string of the molecule is CNCC1CCN(C(=O)CSc2ccccc2C)C1. The van der Waals surface area contributed by atoms with Gasteiger partial charge < -0.3 is 10.2 Å². The number of thioether (sulfide) groups is 1. The molecule has 1 heterocycles. The fraction of sp³-hybridized carbons (Fsp3) is 0.533. The first-order valence-corrected chi connectivity index (χ1v) is 7.80. The van der Waals surface area contributed by atoms with Crippen LogP contribution < -0.4 is 5.32 Å². The van der Waals surface area contributed by atoms with E-state index in [1.165, 1.54) is 10.5 Å². The van der Waals surface area contributed by atoms with Crippen LogP contribution in [-0.2, 0) is 4.79 Å². The van der Waals surface area contributed by atoms with E-state index in [9.17, 15) is 4.79 Å². The number of carbonyl (C=O) groups is 1. The first kappa shape index (κ1) is 14.4. The summed E-state index contributed by atoms with van der Waals surface area (Å²) in [5.41, 5.74) is 1.25. The van der Waals surface area contributed by atoms with E-state index in [4.69, 9.17) is 0 Å². The second-order valence-electron chi connectivity index (χ2n) is 5.11. The standard InChI is InChI=1S/C15H22N2OS/c1-12-5-3-4-6-14(12)19-11-15(18)17-8-7-13(10-17)9-16-2/h3-6,13,16H,7-11H2,1-2H3. The Morgan fingerprint density at radius 3 is 3.00 bits per heavy atom. The monoisotopic (exact) mass is 278 g/mol. The van der Waals surface area contributed by atoms with Crippen molar-refractivity contribution in [3.05, 3.63) is 29.8 Å². The summed E-state index contributed by atoms with van der Waals surface area (Å²) in [5.74, 6) is 1.45. The third-order valence-electron chi connectivity index (χ3n) is 3.58. The van der Waals surface area contributed by atoms with Crippen molar-refractivity contribution in [2.24, 2.45) is 5.92 Å². The van der Waals surface area contributed by atoms with Gasteiger partial charge in [-0.1, -0.05) is 18.2 Å². The maximum Gasteiger partial charge on any atom is 0.232 e. The van der Waals surface area contributed by atoms with Crippen LogP contribution in [0.5, 0.6) is 0 Å². The lowest BCUT2D eigenvalue weighted by Gasteiger charge is -2.16. The van der Waals surface area contributed by atoms with Gasteiger partial charge in [-0.25, -0.2) is 0 Å². The van der Waals surface area contributed by atoms with Crippen LogP contribution in [0.4, 0.5) is 0 Å². The average Bonchev–Trinajstić information content (AvgIpc) is 2.87. The maximum absolute atomic E-state index is 12.2. The quantitative estimate of drug-likeness (QED) is 0.838. The molecule has 0 saturated carbocycles. The van der Waals surface area contributed by atoms with Crippen LogP contribution in [0, 0.1) is 12.8 Å². The molecule has 1 fully saturated rings. The third kappa shape index (κ3) is 3.98. The molecule has 2 rings (SSSR count). The van der Waals surface area contributed by atoms with Gasteiger partial charge in [0.1, 0.15) is 0 Å². The summed E-state index contributed by atoms with van der Waals surface area (Å²) < 4.78 is 0. The Hall–Kier alpha value is -1.00. The largest absolute Gasteiger partial charge is 0.342 e. The van der Waals surface area contributed by atoms with Crippen LogP contribution >= 0.6 is 11.8 Å². The summed E-state index contributed by atoms with van der Waals surface area (Å²) in [6.45, 7) is 4.92. The van der Waals surface area contributed by atoms with Crippen LogP contribution in [0.2, 0.25) is 0 Å². The van der Waals surface area contributed by atoms with Gasteiger partial charge in [0.25, 0.3) is 0 Å². The first-order chi connectivity index (χ1) is 9.20. The molecule has 4 heteroatoms. The molecule has 104 valence electrons. The van der Waals surface area contributed by atoms with Crippen molar-refractivity contribution in [1.82, 2.24) is 10.2 Å². The molecule has 1 aromatic carbocycles. The minimum absolute atomic E-state index is 0.270. The molecule has 1 saturated heterocycles. The summed E-state index contributed by atoms with van der Waals surface area (Å²) in [5, 5.41) is 3.19. The summed E-state index contributed by atoms with van der Waals surface area (Å²) in [6, 6.07) is 8.23. The Labute approximate surface area is 119 Å². The number of nitrogens with one attached hydrogen (secondary N) is 1. The summed E-state index contributed by atoms with van der Waals surface area (Å²) in [6.07, 6.45) is 1.13. The zero-order valence-corrected chi connectivity index (χ0v) is 12.5. The van der Waals surface area contributed by atoms with Gasteiger partial charge in [-0.15, -0.1) is 11.8 Å². The van der Waals surface area contributed by atoms with Gasteiger partial charge in [0.05, 0.1) is 5.75 Å². The lowest BCUT2D eigenvalue weighted by atomic mass is 10.1. The van der Waals surface area contributed by atoms with E-state index < -0.39 is 0 Å². The number of nitrogens with zero attached hydrogens (tertiary/aromatic N) is 1. The predicted octanol–water partition coefficient (Wildman–Crippen LogP) is 2.16. The van der Waals surface area contributed by atoms with Gasteiger partial charge in [0.15, 0.2) is 0 Å². The number of rotatable bonds is 5. The number of hydrogen-bond acceptors (Lipinski definition) is 3. The Bertz CT molecular complexity index is 436. The molecule has 1 aliphatic rings. The molecule has 0 spiro atoms. The summed E-state index contributed by atoms with van der Waals surface area (Å²) >= 11 is 1.65. The second-order valence-corrected chi connectivity index (χ2v) is 6.12. The molecule has 1 aromatic rings. The minimum atomic E-state index is 0.270.